The molecule has 0 aromatic heterocycles. The fourth-order valence-corrected chi connectivity index (χ4v) is 2.58. The summed E-state index contributed by atoms with van der Waals surface area (Å²) in [4.78, 5) is 22.0. The average Bonchev–Trinajstić information content (AvgIpc) is 2.29. The fourth-order valence-electron chi connectivity index (χ4n) is 1.38. The number of carboxylic acids is 1. The summed E-state index contributed by atoms with van der Waals surface area (Å²) in [6, 6.07) is 5.53. The van der Waals surface area contributed by atoms with Gasteiger partial charge in [-0.15, -0.1) is 0 Å². The van der Waals surface area contributed by atoms with Crippen LogP contribution in [0.3, 0.4) is 0 Å². The second-order valence-corrected chi connectivity index (χ2v) is 5.45. The Morgan fingerprint density at radius 1 is 1.11 bits per heavy atom. The molecule has 0 saturated carbocycles. The van der Waals surface area contributed by atoms with Crippen LogP contribution in [0.15, 0.2) is 27.1 Å². The third kappa shape index (κ3) is 5.18. The van der Waals surface area contributed by atoms with Crippen LogP contribution in [0.25, 0.3) is 0 Å². The smallest absolute Gasteiger partial charge is 0.303 e. The highest BCUT2D eigenvalue weighted by molar-refractivity contribution is 9.11. The minimum absolute atomic E-state index is 0.103. The maximum Gasteiger partial charge on any atom is 0.303 e. The van der Waals surface area contributed by atoms with E-state index in [0.717, 1.165) is 8.95 Å². The molecule has 2 N–H and O–H groups in total. The van der Waals surface area contributed by atoms with Crippen molar-refractivity contribution >= 4 is 49.4 Å². The van der Waals surface area contributed by atoms with Gasteiger partial charge in [-0.3, -0.25) is 9.59 Å². The molecule has 1 aromatic rings. The van der Waals surface area contributed by atoms with E-state index in [9.17, 15) is 9.59 Å². The van der Waals surface area contributed by atoms with Gasteiger partial charge < -0.3 is 10.4 Å². The summed E-state index contributed by atoms with van der Waals surface area (Å²) in [5, 5.41) is 11.3. The molecule has 0 unspecified atom stereocenters. The number of amides is 1. The molecular formula is C12H13Br2NO3. The second kappa shape index (κ2) is 7.53. The number of para-hydroxylation sites is 1. The van der Waals surface area contributed by atoms with Crippen LogP contribution in [-0.2, 0) is 9.59 Å². The first kappa shape index (κ1) is 15.2. The van der Waals surface area contributed by atoms with E-state index in [1.165, 1.54) is 0 Å². The third-order valence-corrected chi connectivity index (χ3v) is 3.59. The Labute approximate surface area is 122 Å². The normalized spacial score (nSPS) is 10.1. The number of carboxylic acid groups (broad SMARTS) is 1. The zero-order chi connectivity index (χ0) is 13.5. The second-order valence-electron chi connectivity index (χ2n) is 3.75. The standard InChI is InChI=1S/C12H13Br2NO3/c13-8-4-3-5-9(14)12(8)15-10(16)6-1-2-7-11(17)18/h3-5H,1-2,6-7H2,(H,15,16)(H,17,18). The van der Waals surface area contributed by atoms with Gasteiger partial charge in [0.05, 0.1) is 5.69 Å². The molecule has 18 heavy (non-hydrogen) atoms. The van der Waals surface area contributed by atoms with E-state index in [-0.39, 0.29) is 12.3 Å². The number of unbranched alkanes of at least 4 members (excludes halogenated alkanes) is 1. The van der Waals surface area contributed by atoms with Gasteiger partial charge in [0.2, 0.25) is 5.91 Å². The van der Waals surface area contributed by atoms with E-state index in [1.807, 2.05) is 18.2 Å². The van der Waals surface area contributed by atoms with Gasteiger partial charge in [-0.2, -0.15) is 0 Å². The monoisotopic (exact) mass is 377 g/mol. The lowest BCUT2D eigenvalue weighted by Crippen LogP contribution is -2.12. The van der Waals surface area contributed by atoms with E-state index >= 15 is 0 Å². The zero-order valence-electron chi connectivity index (χ0n) is 9.58. The Bertz CT molecular complexity index is 429. The van der Waals surface area contributed by atoms with E-state index in [4.69, 9.17) is 5.11 Å². The summed E-state index contributed by atoms with van der Waals surface area (Å²) in [5.74, 6) is -0.947. The number of hydrogen-bond donors (Lipinski definition) is 2. The summed E-state index contributed by atoms with van der Waals surface area (Å²) in [7, 11) is 0. The molecule has 0 saturated heterocycles. The Balaban J connectivity index is 2.43. The number of nitrogens with one attached hydrogen (secondary N) is 1. The number of benzene rings is 1. The number of carbonyl (C=O) groups excluding carboxylic acids is 1. The molecule has 1 aromatic carbocycles. The molecule has 0 aliphatic carbocycles. The summed E-state index contributed by atoms with van der Waals surface area (Å²) >= 11 is 6.71. The molecule has 0 aliphatic heterocycles. The largest absolute Gasteiger partial charge is 0.481 e. The molecule has 0 atom stereocenters. The van der Waals surface area contributed by atoms with Crippen molar-refractivity contribution in [2.24, 2.45) is 0 Å². The van der Waals surface area contributed by atoms with Crippen molar-refractivity contribution in [3.8, 4) is 0 Å². The number of carbonyl (C=O) groups is 2. The molecule has 0 fully saturated rings. The van der Waals surface area contributed by atoms with Crippen LogP contribution >= 0.6 is 31.9 Å². The number of halogens is 2. The molecule has 4 nitrogen and oxygen atoms in total. The lowest BCUT2D eigenvalue weighted by Gasteiger charge is -2.09. The highest BCUT2D eigenvalue weighted by Gasteiger charge is 2.08. The number of hydrogen-bond acceptors (Lipinski definition) is 2. The van der Waals surface area contributed by atoms with Crippen LogP contribution in [0.5, 0.6) is 0 Å². The maximum atomic E-state index is 11.7. The van der Waals surface area contributed by atoms with Crippen LogP contribution in [-0.4, -0.2) is 17.0 Å². The van der Waals surface area contributed by atoms with E-state index in [0.29, 0.717) is 24.9 Å². The third-order valence-electron chi connectivity index (χ3n) is 2.27. The van der Waals surface area contributed by atoms with Crippen molar-refractivity contribution in [1.29, 1.82) is 0 Å². The minimum atomic E-state index is -0.830. The van der Waals surface area contributed by atoms with E-state index < -0.39 is 5.97 Å². The predicted octanol–water partition coefficient (Wildman–Crippen LogP) is 3.80. The van der Waals surface area contributed by atoms with Gasteiger partial charge in [-0.05, 0) is 56.8 Å². The molecule has 98 valence electrons. The molecule has 1 amide bonds. The Hall–Kier alpha value is -0.880. The number of anilines is 1. The van der Waals surface area contributed by atoms with Crippen molar-refractivity contribution in [2.75, 3.05) is 5.32 Å². The molecule has 1 rings (SSSR count). The first-order valence-corrected chi connectivity index (χ1v) is 7.05. The maximum absolute atomic E-state index is 11.7. The van der Waals surface area contributed by atoms with Gasteiger partial charge in [0.15, 0.2) is 0 Å². The molecule has 6 heteroatoms. The van der Waals surface area contributed by atoms with Crippen molar-refractivity contribution in [2.45, 2.75) is 25.7 Å². The summed E-state index contributed by atoms with van der Waals surface area (Å²) < 4.78 is 1.60. The lowest BCUT2D eigenvalue weighted by atomic mass is 10.2. The van der Waals surface area contributed by atoms with Crippen molar-refractivity contribution in [1.82, 2.24) is 0 Å². The first-order valence-electron chi connectivity index (χ1n) is 5.46. The predicted molar refractivity (Wildman–Crippen MR) is 76.6 cm³/mol. The van der Waals surface area contributed by atoms with E-state index in [1.54, 1.807) is 0 Å². The van der Waals surface area contributed by atoms with Crippen molar-refractivity contribution in [3.05, 3.63) is 27.1 Å². The van der Waals surface area contributed by atoms with Gasteiger partial charge in [0, 0.05) is 21.8 Å². The summed E-state index contributed by atoms with van der Waals surface area (Å²) in [6.07, 6.45) is 1.51. The van der Waals surface area contributed by atoms with Crippen LogP contribution in [0.4, 0.5) is 5.69 Å². The van der Waals surface area contributed by atoms with Crippen LogP contribution in [0, 0.1) is 0 Å². The summed E-state index contributed by atoms with van der Waals surface area (Å²) in [5.41, 5.74) is 0.695. The Morgan fingerprint density at radius 2 is 1.67 bits per heavy atom. The number of aliphatic carboxylic acids is 1. The van der Waals surface area contributed by atoms with Crippen LogP contribution in [0.2, 0.25) is 0 Å². The molecule has 0 radical (unpaired) electrons. The minimum Gasteiger partial charge on any atom is -0.481 e. The van der Waals surface area contributed by atoms with Crippen LogP contribution in [0.1, 0.15) is 25.7 Å². The lowest BCUT2D eigenvalue weighted by molar-refractivity contribution is -0.137. The van der Waals surface area contributed by atoms with Crippen molar-refractivity contribution in [3.63, 3.8) is 0 Å². The molecule has 0 heterocycles. The van der Waals surface area contributed by atoms with Gasteiger partial charge >= 0.3 is 5.97 Å². The number of rotatable bonds is 6. The summed E-state index contributed by atoms with van der Waals surface area (Å²) in [6.45, 7) is 0. The van der Waals surface area contributed by atoms with Gasteiger partial charge in [-0.25, -0.2) is 0 Å². The van der Waals surface area contributed by atoms with Gasteiger partial charge in [0.1, 0.15) is 0 Å². The molecule has 0 bridgehead atoms. The molecule has 0 aliphatic rings. The highest BCUT2D eigenvalue weighted by atomic mass is 79.9. The van der Waals surface area contributed by atoms with Crippen LogP contribution < -0.4 is 5.32 Å². The SMILES string of the molecule is O=C(O)CCCCC(=O)Nc1c(Br)cccc1Br. The Morgan fingerprint density at radius 3 is 2.22 bits per heavy atom. The fraction of sp³-hybridized carbons (Fsp3) is 0.333. The first-order chi connectivity index (χ1) is 8.50. The average molecular weight is 379 g/mol. The molecule has 0 spiro atoms. The zero-order valence-corrected chi connectivity index (χ0v) is 12.8. The quantitative estimate of drug-likeness (QED) is 0.740. The Kier molecular flexibility index (Phi) is 6.35. The van der Waals surface area contributed by atoms with E-state index in [2.05, 4.69) is 37.2 Å². The highest BCUT2D eigenvalue weighted by Crippen LogP contribution is 2.30. The van der Waals surface area contributed by atoms with Crippen molar-refractivity contribution < 1.29 is 14.7 Å². The molecular weight excluding hydrogens is 366 g/mol. The van der Waals surface area contributed by atoms with Gasteiger partial charge in [0.25, 0.3) is 0 Å². The topological polar surface area (TPSA) is 66.4 Å². The van der Waals surface area contributed by atoms with Gasteiger partial charge in [-0.1, -0.05) is 6.07 Å².